The SMILES string of the molecule is COc1cc(C(O)c2ccc(C#N)cc2)ccn1. The van der Waals surface area contributed by atoms with Crippen LogP contribution in [0.15, 0.2) is 42.6 Å². The van der Waals surface area contributed by atoms with Crippen molar-refractivity contribution in [1.82, 2.24) is 4.98 Å². The number of nitrogens with zero attached hydrogens (tertiary/aromatic N) is 2. The van der Waals surface area contributed by atoms with Crippen molar-refractivity contribution in [3.8, 4) is 11.9 Å². The molecule has 1 aromatic heterocycles. The highest BCUT2D eigenvalue weighted by Crippen LogP contribution is 2.23. The topological polar surface area (TPSA) is 66.1 Å². The summed E-state index contributed by atoms with van der Waals surface area (Å²) < 4.78 is 5.01. The van der Waals surface area contributed by atoms with Crippen LogP contribution >= 0.6 is 0 Å². The Morgan fingerprint density at radius 3 is 2.56 bits per heavy atom. The predicted octanol–water partition coefficient (Wildman–Crippen LogP) is 2.04. The molecule has 0 bridgehead atoms. The molecule has 18 heavy (non-hydrogen) atoms. The fourth-order valence-corrected chi connectivity index (χ4v) is 1.64. The summed E-state index contributed by atoms with van der Waals surface area (Å²) in [6.45, 7) is 0. The van der Waals surface area contributed by atoms with Crippen LogP contribution < -0.4 is 4.74 Å². The van der Waals surface area contributed by atoms with Crippen LogP contribution in [0.4, 0.5) is 0 Å². The van der Waals surface area contributed by atoms with Gasteiger partial charge in [0.15, 0.2) is 0 Å². The van der Waals surface area contributed by atoms with Crippen LogP contribution in [0.25, 0.3) is 0 Å². The fourth-order valence-electron chi connectivity index (χ4n) is 1.64. The number of pyridine rings is 1. The molecule has 2 rings (SSSR count). The van der Waals surface area contributed by atoms with E-state index in [4.69, 9.17) is 10.00 Å². The third-order valence-electron chi connectivity index (χ3n) is 2.64. The summed E-state index contributed by atoms with van der Waals surface area (Å²) in [6, 6.07) is 12.3. The number of benzene rings is 1. The van der Waals surface area contributed by atoms with Gasteiger partial charge in [-0.3, -0.25) is 0 Å². The van der Waals surface area contributed by atoms with Gasteiger partial charge in [-0.1, -0.05) is 12.1 Å². The summed E-state index contributed by atoms with van der Waals surface area (Å²) in [6.07, 6.45) is 0.829. The van der Waals surface area contributed by atoms with Crippen molar-refractivity contribution in [2.75, 3.05) is 7.11 Å². The van der Waals surface area contributed by atoms with Crippen LogP contribution in [0, 0.1) is 11.3 Å². The van der Waals surface area contributed by atoms with Gasteiger partial charge in [-0.25, -0.2) is 4.98 Å². The zero-order chi connectivity index (χ0) is 13.0. The first kappa shape index (κ1) is 12.1. The number of rotatable bonds is 3. The lowest BCUT2D eigenvalue weighted by atomic mass is 10.0. The zero-order valence-electron chi connectivity index (χ0n) is 9.87. The lowest BCUT2D eigenvalue weighted by Crippen LogP contribution is -2.00. The van der Waals surface area contributed by atoms with Gasteiger partial charge >= 0.3 is 0 Å². The largest absolute Gasteiger partial charge is 0.481 e. The maximum Gasteiger partial charge on any atom is 0.213 e. The van der Waals surface area contributed by atoms with Gasteiger partial charge in [0, 0.05) is 12.3 Å². The highest BCUT2D eigenvalue weighted by Gasteiger charge is 2.11. The standard InChI is InChI=1S/C14H12N2O2/c1-18-13-8-12(6-7-16-13)14(17)11-4-2-10(9-15)3-5-11/h2-8,14,17H,1H3. The van der Waals surface area contributed by atoms with Crippen LogP contribution in [0.2, 0.25) is 0 Å². The van der Waals surface area contributed by atoms with Gasteiger partial charge in [0.2, 0.25) is 5.88 Å². The van der Waals surface area contributed by atoms with Crippen LogP contribution in [0.5, 0.6) is 5.88 Å². The van der Waals surface area contributed by atoms with E-state index in [-0.39, 0.29) is 0 Å². The van der Waals surface area contributed by atoms with E-state index in [0.717, 1.165) is 5.56 Å². The van der Waals surface area contributed by atoms with Gasteiger partial charge in [-0.15, -0.1) is 0 Å². The number of methoxy groups -OCH3 is 1. The molecule has 2 aromatic rings. The molecule has 4 heteroatoms. The second-order valence-electron chi connectivity index (χ2n) is 3.77. The predicted molar refractivity (Wildman–Crippen MR) is 66.0 cm³/mol. The minimum Gasteiger partial charge on any atom is -0.481 e. The maximum atomic E-state index is 10.2. The summed E-state index contributed by atoms with van der Waals surface area (Å²) in [5, 5.41) is 18.9. The molecule has 90 valence electrons. The molecule has 1 heterocycles. The van der Waals surface area contributed by atoms with Crippen LogP contribution in [0.3, 0.4) is 0 Å². The Bertz CT molecular complexity index is 573. The highest BCUT2D eigenvalue weighted by molar-refractivity contribution is 5.36. The van der Waals surface area contributed by atoms with E-state index < -0.39 is 6.10 Å². The van der Waals surface area contributed by atoms with Gasteiger partial charge in [-0.2, -0.15) is 5.26 Å². The van der Waals surface area contributed by atoms with Crippen LogP contribution in [-0.4, -0.2) is 17.2 Å². The van der Waals surface area contributed by atoms with E-state index in [0.29, 0.717) is 17.0 Å². The molecule has 0 amide bonds. The molecule has 1 atom stereocenters. The van der Waals surface area contributed by atoms with Gasteiger partial charge < -0.3 is 9.84 Å². The second kappa shape index (κ2) is 5.30. The van der Waals surface area contributed by atoms with E-state index in [1.54, 1.807) is 42.6 Å². The number of hydrogen-bond acceptors (Lipinski definition) is 4. The fraction of sp³-hybridized carbons (Fsp3) is 0.143. The lowest BCUT2D eigenvalue weighted by molar-refractivity contribution is 0.219. The van der Waals surface area contributed by atoms with Crippen molar-refractivity contribution in [3.05, 3.63) is 59.3 Å². The van der Waals surface area contributed by atoms with E-state index in [1.165, 1.54) is 7.11 Å². The minimum absolute atomic E-state index is 0.459. The molecule has 0 aliphatic carbocycles. The first-order chi connectivity index (χ1) is 8.74. The number of ether oxygens (including phenoxy) is 1. The van der Waals surface area contributed by atoms with E-state index in [2.05, 4.69) is 4.98 Å². The zero-order valence-corrected chi connectivity index (χ0v) is 9.87. The number of aliphatic hydroxyl groups is 1. The number of nitriles is 1. The first-order valence-corrected chi connectivity index (χ1v) is 5.42. The number of hydrogen-bond donors (Lipinski definition) is 1. The molecule has 0 saturated carbocycles. The molecular formula is C14H12N2O2. The van der Waals surface area contributed by atoms with Gasteiger partial charge in [0.1, 0.15) is 6.10 Å². The van der Waals surface area contributed by atoms with Crippen molar-refractivity contribution in [2.24, 2.45) is 0 Å². The molecule has 1 aromatic carbocycles. The third-order valence-corrected chi connectivity index (χ3v) is 2.64. The molecule has 0 spiro atoms. The number of aromatic nitrogens is 1. The molecule has 0 radical (unpaired) electrons. The van der Waals surface area contributed by atoms with Crippen LogP contribution in [-0.2, 0) is 0 Å². The quantitative estimate of drug-likeness (QED) is 0.891. The monoisotopic (exact) mass is 240 g/mol. The minimum atomic E-state index is -0.755. The van der Waals surface area contributed by atoms with Crippen molar-refractivity contribution in [3.63, 3.8) is 0 Å². The molecular weight excluding hydrogens is 228 g/mol. The Hall–Kier alpha value is -2.38. The summed E-state index contributed by atoms with van der Waals surface area (Å²) >= 11 is 0. The third kappa shape index (κ3) is 2.47. The smallest absolute Gasteiger partial charge is 0.213 e. The Balaban J connectivity index is 2.29. The summed E-state index contributed by atoms with van der Waals surface area (Å²) in [4.78, 5) is 3.98. The van der Waals surface area contributed by atoms with Crippen LogP contribution in [0.1, 0.15) is 22.8 Å². The lowest BCUT2D eigenvalue weighted by Gasteiger charge is -2.12. The average Bonchev–Trinajstić information content (AvgIpc) is 2.46. The number of aliphatic hydroxyl groups excluding tert-OH is 1. The average molecular weight is 240 g/mol. The molecule has 1 N–H and O–H groups in total. The van der Waals surface area contributed by atoms with E-state index >= 15 is 0 Å². The van der Waals surface area contributed by atoms with E-state index in [9.17, 15) is 5.11 Å². The molecule has 0 aliphatic rings. The molecule has 0 fully saturated rings. The molecule has 0 saturated heterocycles. The summed E-state index contributed by atoms with van der Waals surface area (Å²) in [5.74, 6) is 0.459. The van der Waals surface area contributed by atoms with Gasteiger partial charge in [0.05, 0.1) is 18.7 Å². The van der Waals surface area contributed by atoms with E-state index in [1.807, 2.05) is 6.07 Å². The summed E-state index contributed by atoms with van der Waals surface area (Å²) in [7, 11) is 1.53. The normalized spacial score (nSPS) is 11.6. The van der Waals surface area contributed by atoms with Gasteiger partial charge in [-0.05, 0) is 29.3 Å². The van der Waals surface area contributed by atoms with Crippen molar-refractivity contribution in [1.29, 1.82) is 5.26 Å². The second-order valence-corrected chi connectivity index (χ2v) is 3.77. The summed E-state index contributed by atoms with van der Waals surface area (Å²) in [5.41, 5.74) is 1.99. The Morgan fingerprint density at radius 1 is 1.22 bits per heavy atom. The van der Waals surface area contributed by atoms with Crippen molar-refractivity contribution < 1.29 is 9.84 Å². The Labute approximate surface area is 105 Å². The highest BCUT2D eigenvalue weighted by atomic mass is 16.5. The molecule has 1 unspecified atom stereocenters. The Kier molecular flexibility index (Phi) is 3.56. The Morgan fingerprint density at radius 2 is 1.94 bits per heavy atom. The van der Waals surface area contributed by atoms with Gasteiger partial charge in [0.25, 0.3) is 0 Å². The molecule has 4 nitrogen and oxygen atoms in total. The maximum absolute atomic E-state index is 10.2. The first-order valence-electron chi connectivity index (χ1n) is 5.42. The molecule has 0 aliphatic heterocycles. The van der Waals surface area contributed by atoms with Crippen molar-refractivity contribution in [2.45, 2.75) is 6.10 Å². The van der Waals surface area contributed by atoms with Crippen molar-refractivity contribution >= 4 is 0 Å².